The van der Waals surface area contributed by atoms with E-state index in [4.69, 9.17) is 0 Å². The van der Waals surface area contributed by atoms with Gasteiger partial charge in [0.05, 0.1) is 0 Å². The zero-order valence-electron chi connectivity index (χ0n) is 10.2. The molecule has 2 aliphatic carbocycles. The maximum Gasteiger partial charge on any atom is 0.329 e. The fraction of sp³-hybridized carbons (Fsp3) is 0.833. The quantitative estimate of drug-likeness (QED) is 0.605. The van der Waals surface area contributed by atoms with E-state index in [0.717, 1.165) is 12.8 Å². The molecule has 2 fully saturated rings. The Morgan fingerprint density at radius 3 is 2.41 bits per heavy atom. The van der Waals surface area contributed by atoms with Gasteiger partial charge in [0.1, 0.15) is 5.54 Å². The van der Waals surface area contributed by atoms with E-state index < -0.39 is 11.5 Å². The minimum Gasteiger partial charge on any atom is -0.480 e. The molecular weight excluding hydrogens is 220 g/mol. The summed E-state index contributed by atoms with van der Waals surface area (Å²) in [5.41, 5.74) is -1.07. The summed E-state index contributed by atoms with van der Waals surface area (Å²) in [7, 11) is 0. The Kier molecular flexibility index (Phi) is 3.38. The van der Waals surface area contributed by atoms with Gasteiger partial charge < -0.3 is 15.7 Å². The Bertz CT molecular complexity index is 324. The number of carbonyl (C=O) groups excluding carboxylic acids is 1. The maximum absolute atomic E-state index is 11.7. The van der Waals surface area contributed by atoms with E-state index in [-0.39, 0.29) is 11.8 Å². The summed E-state index contributed by atoms with van der Waals surface area (Å²) >= 11 is 0. The minimum absolute atomic E-state index is 0.0975. The van der Waals surface area contributed by atoms with Gasteiger partial charge in [-0.25, -0.2) is 4.79 Å². The number of carboxylic acids is 1. The summed E-state index contributed by atoms with van der Waals surface area (Å²) in [6.45, 7) is 2.25. The van der Waals surface area contributed by atoms with Crippen LogP contribution in [-0.2, 0) is 9.59 Å². The van der Waals surface area contributed by atoms with Crippen molar-refractivity contribution in [2.45, 2.75) is 50.6 Å². The first-order chi connectivity index (χ1) is 8.02. The van der Waals surface area contributed by atoms with Gasteiger partial charge in [-0.1, -0.05) is 0 Å². The van der Waals surface area contributed by atoms with Crippen LogP contribution in [0.2, 0.25) is 0 Å². The molecule has 2 aliphatic rings. The maximum atomic E-state index is 11.7. The molecule has 2 rings (SSSR count). The topological polar surface area (TPSA) is 78.4 Å². The Morgan fingerprint density at radius 1 is 1.29 bits per heavy atom. The molecule has 0 bridgehead atoms. The molecular formula is C12H20N2O3. The lowest BCUT2D eigenvalue weighted by Gasteiger charge is -2.26. The Morgan fingerprint density at radius 2 is 1.94 bits per heavy atom. The van der Waals surface area contributed by atoms with Gasteiger partial charge in [-0.15, -0.1) is 0 Å². The monoisotopic (exact) mass is 240 g/mol. The number of hydrogen-bond acceptors (Lipinski definition) is 3. The first-order valence-electron chi connectivity index (χ1n) is 6.30. The van der Waals surface area contributed by atoms with Crippen molar-refractivity contribution >= 4 is 11.9 Å². The molecule has 5 nitrogen and oxygen atoms in total. The van der Waals surface area contributed by atoms with Crippen molar-refractivity contribution < 1.29 is 14.7 Å². The number of carbonyl (C=O) groups is 2. The third kappa shape index (κ3) is 3.19. The van der Waals surface area contributed by atoms with Crippen molar-refractivity contribution in [2.75, 3.05) is 6.54 Å². The number of aliphatic carboxylic acids is 1. The van der Waals surface area contributed by atoms with Crippen molar-refractivity contribution in [3.63, 3.8) is 0 Å². The van der Waals surface area contributed by atoms with Gasteiger partial charge in [-0.2, -0.15) is 0 Å². The highest BCUT2D eigenvalue weighted by atomic mass is 16.4. The largest absolute Gasteiger partial charge is 0.480 e. The van der Waals surface area contributed by atoms with Gasteiger partial charge in [-0.05, 0) is 38.5 Å². The summed E-state index contributed by atoms with van der Waals surface area (Å²) in [5.74, 6) is -1.00. The van der Waals surface area contributed by atoms with Crippen molar-refractivity contribution in [3.8, 4) is 0 Å². The van der Waals surface area contributed by atoms with Crippen LogP contribution >= 0.6 is 0 Å². The van der Waals surface area contributed by atoms with Gasteiger partial charge in [0.2, 0.25) is 5.91 Å². The number of carboxylic acid groups (broad SMARTS) is 1. The SMILES string of the molecule is CC(NC(=O)CCNC1CC1)(C(=O)O)C1CC1. The minimum atomic E-state index is -1.07. The predicted molar refractivity (Wildman–Crippen MR) is 62.5 cm³/mol. The first-order valence-corrected chi connectivity index (χ1v) is 6.30. The first kappa shape index (κ1) is 12.4. The zero-order chi connectivity index (χ0) is 12.5. The highest BCUT2D eigenvalue weighted by Gasteiger charge is 2.48. The van der Waals surface area contributed by atoms with Crippen molar-refractivity contribution in [1.29, 1.82) is 0 Å². The standard InChI is InChI=1S/C12H20N2O3/c1-12(11(16)17,8-2-3-8)14-10(15)6-7-13-9-4-5-9/h8-9,13H,2-7H2,1H3,(H,14,15)(H,16,17). The van der Waals surface area contributed by atoms with Crippen LogP contribution in [0.15, 0.2) is 0 Å². The number of hydrogen-bond donors (Lipinski definition) is 3. The van der Waals surface area contributed by atoms with Gasteiger partial charge in [0.15, 0.2) is 0 Å². The van der Waals surface area contributed by atoms with Gasteiger partial charge in [0.25, 0.3) is 0 Å². The highest BCUT2D eigenvalue weighted by molar-refractivity contribution is 5.87. The fourth-order valence-electron chi connectivity index (χ4n) is 2.02. The van der Waals surface area contributed by atoms with Crippen LogP contribution in [0.4, 0.5) is 0 Å². The van der Waals surface area contributed by atoms with Gasteiger partial charge in [0, 0.05) is 19.0 Å². The van der Waals surface area contributed by atoms with Crippen LogP contribution in [0.1, 0.15) is 39.0 Å². The fourth-order valence-corrected chi connectivity index (χ4v) is 2.02. The third-order valence-corrected chi connectivity index (χ3v) is 3.60. The van der Waals surface area contributed by atoms with E-state index in [9.17, 15) is 14.7 Å². The van der Waals surface area contributed by atoms with Crippen molar-refractivity contribution in [1.82, 2.24) is 10.6 Å². The molecule has 0 saturated heterocycles. The molecule has 0 aromatic heterocycles. The lowest BCUT2D eigenvalue weighted by atomic mass is 9.96. The summed E-state index contributed by atoms with van der Waals surface area (Å²) < 4.78 is 0. The molecule has 96 valence electrons. The Balaban J connectivity index is 1.76. The van der Waals surface area contributed by atoms with E-state index >= 15 is 0 Å². The van der Waals surface area contributed by atoms with Crippen molar-refractivity contribution in [3.05, 3.63) is 0 Å². The number of amides is 1. The highest BCUT2D eigenvalue weighted by Crippen LogP contribution is 2.39. The summed E-state index contributed by atoms with van der Waals surface area (Å²) in [4.78, 5) is 22.9. The van der Waals surface area contributed by atoms with E-state index in [1.807, 2.05) is 0 Å². The lowest BCUT2D eigenvalue weighted by Crippen LogP contribution is -2.54. The predicted octanol–water partition coefficient (Wildman–Crippen LogP) is 0.498. The Hall–Kier alpha value is -1.10. The molecule has 0 spiro atoms. The molecule has 0 aliphatic heterocycles. The van der Waals surface area contributed by atoms with Crippen LogP contribution in [0.25, 0.3) is 0 Å². The molecule has 3 N–H and O–H groups in total. The number of rotatable bonds is 7. The molecule has 0 radical (unpaired) electrons. The second kappa shape index (κ2) is 4.64. The average molecular weight is 240 g/mol. The summed E-state index contributed by atoms with van der Waals surface area (Å²) in [6, 6.07) is 0.581. The number of nitrogens with one attached hydrogen (secondary N) is 2. The summed E-state index contributed by atoms with van der Waals surface area (Å²) in [6.07, 6.45) is 4.52. The van der Waals surface area contributed by atoms with E-state index in [0.29, 0.717) is 19.0 Å². The van der Waals surface area contributed by atoms with Crippen LogP contribution < -0.4 is 10.6 Å². The smallest absolute Gasteiger partial charge is 0.329 e. The molecule has 0 aromatic rings. The molecule has 1 atom stereocenters. The van der Waals surface area contributed by atoms with E-state index in [1.165, 1.54) is 12.8 Å². The molecule has 0 aromatic carbocycles. The zero-order valence-corrected chi connectivity index (χ0v) is 10.2. The second-order valence-corrected chi connectivity index (χ2v) is 5.31. The van der Waals surface area contributed by atoms with Crippen LogP contribution in [0.5, 0.6) is 0 Å². The molecule has 2 saturated carbocycles. The van der Waals surface area contributed by atoms with Gasteiger partial charge >= 0.3 is 5.97 Å². The molecule has 0 heterocycles. The molecule has 1 amide bonds. The summed E-state index contributed by atoms with van der Waals surface area (Å²) in [5, 5.41) is 15.1. The normalized spacial score (nSPS) is 22.9. The Labute approximate surface area is 101 Å². The van der Waals surface area contributed by atoms with Crippen molar-refractivity contribution in [2.24, 2.45) is 5.92 Å². The van der Waals surface area contributed by atoms with E-state index in [1.54, 1.807) is 6.92 Å². The average Bonchev–Trinajstić information content (AvgIpc) is 3.11. The van der Waals surface area contributed by atoms with Gasteiger partial charge in [-0.3, -0.25) is 4.79 Å². The van der Waals surface area contributed by atoms with E-state index in [2.05, 4.69) is 10.6 Å². The van der Waals surface area contributed by atoms with Crippen LogP contribution in [0, 0.1) is 5.92 Å². The molecule has 1 unspecified atom stereocenters. The molecule has 5 heteroatoms. The second-order valence-electron chi connectivity index (χ2n) is 5.31. The lowest BCUT2D eigenvalue weighted by molar-refractivity contribution is -0.147. The third-order valence-electron chi connectivity index (χ3n) is 3.60. The van der Waals surface area contributed by atoms with Crippen LogP contribution in [0.3, 0.4) is 0 Å². The molecule has 17 heavy (non-hydrogen) atoms. The van der Waals surface area contributed by atoms with Crippen LogP contribution in [-0.4, -0.2) is 35.1 Å².